The lowest BCUT2D eigenvalue weighted by molar-refractivity contribution is -0.134. The molecule has 0 spiro atoms. The second-order valence-corrected chi connectivity index (χ2v) is 7.20. The molecule has 120 valence electrons. The van der Waals surface area contributed by atoms with Gasteiger partial charge in [0, 0.05) is 32.7 Å². The van der Waals surface area contributed by atoms with Gasteiger partial charge in [-0.15, -0.1) is 0 Å². The minimum atomic E-state index is -0.670. The van der Waals surface area contributed by atoms with E-state index in [4.69, 9.17) is 0 Å². The van der Waals surface area contributed by atoms with E-state index in [2.05, 4.69) is 23.1 Å². The lowest BCUT2D eigenvalue weighted by atomic mass is 9.99. The van der Waals surface area contributed by atoms with Crippen molar-refractivity contribution in [2.75, 3.05) is 32.7 Å². The molecule has 2 aliphatic rings. The van der Waals surface area contributed by atoms with Crippen LogP contribution in [0, 0.1) is 0 Å². The topological polar surface area (TPSA) is 43.8 Å². The number of hydrogen-bond donors (Lipinski definition) is 1. The van der Waals surface area contributed by atoms with Crippen LogP contribution in [0.25, 0.3) is 0 Å². The third-order valence-electron chi connectivity index (χ3n) is 4.73. The van der Waals surface area contributed by atoms with Crippen LogP contribution in [0.3, 0.4) is 0 Å². The van der Waals surface area contributed by atoms with Crippen molar-refractivity contribution in [3.8, 4) is 0 Å². The predicted molar refractivity (Wildman–Crippen MR) is 86.8 cm³/mol. The Kier molecular flexibility index (Phi) is 4.24. The number of hydrogen-bond acceptors (Lipinski definition) is 3. The van der Waals surface area contributed by atoms with Crippen molar-refractivity contribution >= 4 is 5.91 Å². The van der Waals surface area contributed by atoms with Gasteiger partial charge in [-0.05, 0) is 37.8 Å². The van der Waals surface area contributed by atoms with Crippen molar-refractivity contribution in [3.63, 3.8) is 0 Å². The fourth-order valence-electron chi connectivity index (χ4n) is 3.71. The molecule has 0 aromatic heterocycles. The normalized spacial score (nSPS) is 22.7. The predicted octanol–water partition coefficient (Wildman–Crippen LogP) is 1.63. The number of nitrogens with zero attached hydrogens (tertiary/aromatic N) is 2. The number of carbonyl (C=O) groups is 1. The van der Waals surface area contributed by atoms with Crippen molar-refractivity contribution in [1.29, 1.82) is 0 Å². The van der Waals surface area contributed by atoms with Crippen LogP contribution in [-0.4, -0.2) is 59.1 Å². The van der Waals surface area contributed by atoms with Gasteiger partial charge in [0.05, 0.1) is 11.5 Å². The Hall–Kier alpha value is -1.39. The fourth-order valence-corrected chi connectivity index (χ4v) is 3.71. The molecule has 1 aliphatic carbocycles. The Balaban J connectivity index is 1.59. The Labute approximate surface area is 132 Å². The summed E-state index contributed by atoms with van der Waals surface area (Å²) in [5, 5.41) is 9.90. The number of benzene rings is 1. The van der Waals surface area contributed by atoms with Crippen LogP contribution in [0.1, 0.15) is 37.3 Å². The maximum atomic E-state index is 12.8. The molecule has 1 aliphatic heterocycles. The molecule has 1 saturated heterocycles. The van der Waals surface area contributed by atoms with E-state index < -0.39 is 5.60 Å². The first-order chi connectivity index (χ1) is 10.4. The number of amides is 1. The molecule has 1 aromatic carbocycles. The van der Waals surface area contributed by atoms with E-state index in [1.54, 1.807) is 0 Å². The van der Waals surface area contributed by atoms with E-state index >= 15 is 0 Å². The fraction of sp³-hybridized carbons (Fsp3) is 0.611. The van der Waals surface area contributed by atoms with E-state index in [1.807, 2.05) is 24.8 Å². The number of β-amino-alcohol motifs (C(OH)–C–C–N with tert-alkyl or cyclic N) is 1. The van der Waals surface area contributed by atoms with Gasteiger partial charge in [0.15, 0.2) is 0 Å². The largest absolute Gasteiger partial charge is 0.389 e. The Morgan fingerprint density at radius 2 is 1.91 bits per heavy atom. The van der Waals surface area contributed by atoms with Crippen LogP contribution in [0.2, 0.25) is 0 Å². The van der Waals surface area contributed by atoms with Crippen LogP contribution < -0.4 is 0 Å². The van der Waals surface area contributed by atoms with E-state index in [0.717, 1.165) is 39.0 Å². The highest BCUT2D eigenvalue weighted by Gasteiger charge is 2.33. The molecule has 1 fully saturated rings. The van der Waals surface area contributed by atoms with Gasteiger partial charge in [-0.25, -0.2) is 0 Å². The average Bonchev–Trinajstić information content (AvgIpc) is 2.89. The molecule has 1 aromatic rings. The van der Waals surface area contributed by atoms with Crippen LogP contribution >= 0.6 is 0 Å². The molecular formula is C18H26N2O2. The van der Waals surface area contributed by atoms with Gasteiger partial charge in [-0.2, -0.15) is 0 Å². The Morgan fingerprint density at radius 3 is 2.59 bits per heavy atom. The maximum Gasteiger partial charge on any atom is 0.230 e. The van der Waals surface area contributed by atoms with Gasteiger partial charge < -0.3 is 10.0 Å². The molecular weight excluding hydrogens is 276 g/mol. The molecule has 1 heterocycles. The monoisotopic (exact) mass is 302 g/mol. The standard InChI is InChI=1S/C18H26N2O2/c1-18(2,22)13-19-9-11-20(12-10-19)17(21)16-8-7-14-5-3-4-6-15(14)16/h3-6,16,22H,7-13H2,1-2H3/t16-/m1/s1. The summed E-state index contributed by atoms with van der Waals surface area (Å²) in [6.45, 7) is 7.58. The van der Waals surface area contributed by atoms with Crippen LogP contribution in [0.4, 0.5) is 0 Å². The second kappa shape index (κ2) is 6.01. The van der Waals surface area contributed by atoms with Gasteiger partial charge >= 0.3 is 0 Å². The first-order valence-electron chi connectivity index (χ1n) is 8.25. The number of piperazine rings is 1. The van der Waals surface area contributed by atoms with Crippen molar-refractivity contribution < 1.29 is 9.90 Å². The van der Waals surface area contributed by atoms with E-state index in [9.17, 15) is 9.90 Å². The molecule has 0 unspecified atom stereocenters. The van der Waals surface area contributed by atoms with Gasteiger partial charge in [-0.3, -0.25) is 9.69 Å². The zero-order chi connectivity index (χ0) is 15.7. The van der Waals surface area contributed by atoms with Crippen LogP contribution in [0.15, 0.2) is 24.3 Å². The van der Waals surface area contributed by atoms with Crippen molar-refractivity contribution in [3.05, 3.63) is 35.4 Å². The van der Waals surface area contributed by atoms with E-state index in [-0.39, 0.29) is 11.8 Å². The minimum Gasteiger partial charge on any atom is -0.389 e. The number of rotatable bonds is 3. The number of fused-ring (bicyclic) bond motifs is 1. The quantitative estimate of drug-likeness (QED) is 0.923. The third kappa shape index (κ3) is 3.33. The minimum absolute atomic E-state index is 0.0528. The van der Waals surface area contributed by atoms with Crippen LogP contribution in [0.5, 0.6) is 0 Å². The molecule has 4 nitrogen and oxygen atoms in total. The molecule has 1 amide bonds. The summed E-state index contributed by atoms with van der Waals surface area (Å²) in [4.78, 5) is 17.1. The first-order valence-corrected chi connectivity index (χ1v) is 8.25. The van der Waals surface area contributed by atoms with Gasteiger partial charge in [0.25, 0.3) is 0 Å². The third-order valence-corrected chi connectivity index (χ3v) is 4.73. The highest BCUT2D eigenvalue weighted by molar-refractivity contribution is 5.85. The van der Waals surface area contributed by atoms with Gasteiger partial charge in [-0.1, -0.05) is 24.3 Å². The average molecular weight is 302 g/mol. The van der Waals surface area contributed by atoms with Crippen molar-refractivity contribution in [2.45, 2.75) is 38.2 Å². The molecule has 3 rings (SSSR count). The summed E-state index contributed by atoms with van der Waals surface area (Å²) in [7, 11) is 0. The molecule has 1 atom stereocenters. The molecule has 22 heavy (non-hydrogen) atoms. The lowest BCUT2D eigenvalue weighted by Gasteiger charge is -2.38. The number of aryl methyl sites for hydroxylation is 1. The summed E-state index contributed by atoms with van der Waals surface area (Å²) in [6, 6.07) is 8.34. The molecule has 0 radical (unpaired) electrons. The smallest absolute Gasteiger partial charge is 0.230 e. The Bertz CT molecular complexity index is 542. The van der Waals surface area contributed by atoms with Gasteiger partial charge in [0.1, 0.15) is 0 Å². The maximum absolute atomic E-state index is 12.8. The molecule has 4 heteroatoms. The zero-order valence-corrected chi connectivity index (χ0v) is 13.6. The number of aliphatic hydroxyl groups is 1. The summed E-state index contributed by atoms with van der Waals surface area (Å²) in [6.07, 6.45) is 1.97. The van der Waals surface area contributed by atoms with E-state index in [1.165, 1.54) is 11.1 Å². The summed E-state index contributed by atoms with van der Waals surface area (Å²) >= 11 is 0. The van der Waals surface area contributed by atoms with Gasteiger partial charge in [0.2, 0.25) is 5.91 Å². The summed E-state index contributed by atoms with van der Waals surface area (Å²) < 4.78 is 0. The summed E-state index contributed by atoms with van der Waals surface area (Å²) in [5.41, 5.74) is 1.89. The SMILES string of the molecule is CC(C)(O)CN1CCN(C(=O)[C@@H]2CCc3ccccc32)CC1. The summed E-state index contributed by atoms with van der Waals surface area (Å²) in [5.74, 6) is 0.338. The lowest BCUT2D eigenvalue weighted by Crippen LogP contribution is -2.52. The highest BCUT2D eigenvalue weighted by atomic mass is 16.3. The first kappa shape index (κ1) is 15.5. The molecule has 0 bridgehead atoms. The zero-order valence-electron chi connectivity index (χ0n) is 13.6. The van der Waals surface area contributed by atoms with E-state index in [0.29, 0.717) is 6.54 Å². The van der Waals surface area contributed by atoms with Crippen LogP contribution in [-0.2, 0) is 11.2 Å². The highest BCUT2D eigenvalue weighted by Crippen LogP contribution is 2.34. The van der Waals surface area contributed by atoms with Crippen molar-refractivity contribution in [1.82, 2.24) is 9.80 Å². The van der Waals surface area contributed by atoms with Crippen molar-refractivity contribution in [2.24, 2.45) is 0 Å². The second-order valence-electron chi connectivity index (χ2n) is 7.20. The number of carbonyl (C=O) groups excluding carboxylic acids is 1. The molecule has 0 saturated carbocycles. The Morgan fingerprint density at radius 1 is 1.23 bits per heavy atom. The molecule has 1 N–H and O–H groups in total.